The predicted octanol–water partition coefficient (Wildman–Crippen LogP) is 2.87. The van der Waals surface area contributed by atoms with Crippen LogP contribution in [-0.2, 0) is 4.74 Å². The summed E-state index contributed by atoms with van der Waals surface area (Å²) in [6.45, 7) is 7.05. The fraction of sp³-hybridized carbons (Fsp3) is 0.375. The largest absolute Gasteiger partial charge is 0.490 e. The first kappa shape index (κ1) is 17.1. The van der Waals surface area contributed by atoms with Crippen LogP contribution in [0.25, 0.3) is 12.0 Å². The van der Waals surface area contributed by atoms with E-state index in [-0.39, 0.29) is 11.3 Å². The van der Waals surface area contributed by atoms with E-state index in [0.29, 0.717) is 13.2 Å². The van der Waals surface area contributed by atoms with Crippen LogP contribution < -0.4 is 0 Å². The minimum atomic E-state index is -0.681. The number of rotatable bonds is 8. The summed E-state index contributed by atoms with van der Waals surface area (Å²) >= 11 is 0. The Kier molecular flexibility index (Phi) is 6.22. The maximum atomic E-state index is 14.0. The Bertz CT molecular complexity index is 640. The van der Waals surface area contributed by atoms with Gasteiger partial charge >= 0.3 is 0 Å². The minimum absolute atomic E-state index is 0.182. The second kappa shape index (κ2) is 8.38. The molecule has 0 spiro atoms. The van der Waals surface area contributed by atoms with Crippen LogP contribution in [0.3, 0.4) is 0 Å². The topological polar surface area (TPSA) is 43.2 Å². The van der Waals surface area contributed by atoms with Gasteiger partial charge in [0.1, 0.15) is 36.7 Å². The van der Waals surface area contributed by atoms with Crippen molar-refractivity contribution in [2.75, 3.05) is 26.2 Å². The van der Waals surface area contributed by atoms with Gasteiger partial charge in [-0.3, -0.25) is 0 Å². The molecule has 0 radical (unpaired) electrons. The zero-order chi connectivity index (χ0) is 16.7. The van der Waals surface area contributed by atoms with E-state index in [0.717, 1.165) is 19.2 Å². The number of halogens is 2. The molecule has 1 aromatic heterocycles. The second-order valence-electron chi connectivity index (χ2n) is 4.87. The summed E-state index contributed by atoms with van der Waals surface area (Å²) < 4.78 is 34.3. The molecule has 1 heterocycles. The Morgan fingerprint density at radius 2 is 2.09 bits per heavy atom. The van der Waals surface area contributed by atoms with E-state index in [2.05, 4.69) is 28.8 Å². The normalized spacial score (nSPS) is 12.0. The van der Waals surface area contributed by atoms with Crippen LogP contribution in [-0.4, -0.2) is 45.9 Å². The number of likely N-dealkylation sites (N-methyl/N-ethyl adjacent to an activating group) is 1. The Labute approximate surface area is 134 Å². The summed E-state index contributed by atoms with van der Waals surface area (Å²) in [5.74, 6) is -1.03. The fourth-order valence-electron chi connectivity index (χ4n) is 2.10. The number of nitrogens with zero attached hydrogens (tertiary/aromatic N) is 4. The van der Waals surface area contributed by atoms with E-state index in [1.54, 1.807) is 0 Å². The molecule has 124 valence electrons. The van der Waals surface area contributed by atoms with Gasteiger partial charge in [0.25, 0.3) is 0 Å². The Balaban J connectivity index is 2.19. The molecule has 7 heteroatoms. The lowest BCUT2D eigenvalue weighted by Crippen LogP contribution is -2.26. The van der Waals surface area contributed by atoms with Crippen LogP contribution in [0.1, 0.15) is 19.4 Å². The van der Waals surface area contributed by atoms with Gasteiger partial charge in [0, 0.05) is 12.6 Å². The third-order valence-corrected chi connectivity index (χ3v) is 3.44. The van der Waals surface area contributed by atoms with Crippen molar-refractivity contribution in [1.82, 2.24) is 19.7 Å². The van der Waals surface area contributed by atoms with Gasteiger partial charge < -0.3 is 9.64 Å². The molecule has 1 aromatic carbocycles. The molecule has 0 unspecified atom stereocenters. The van der Waals surface area contributed by atoms with Crippen molar-refractivity contribution in [1.29, 1.82) is 0 Å². The highest BCUT2D eigenvalue weighted by Gasteiger charge is 2.12. The van der Waals surface area contributed by atoms with Crippen LogP contribution in [0.4, 0.5) is 8.78 Å². The maximum absolute atomic E-state index is 14.0. The second-order valence-corrected chi connectivity index (χ2v) is 4.87. The summed E-state index contributed by atoms with van der Waals surface area (Å²) in [6, 6.07) is 3.38. The smallest absolute Gasteiger partial charge is 0.147 e. The molecule has 0 aliphatic heterocycles. The highest BCUT2D eigenvalue weighted by molar-refractivity contribution is 5.70. The average molecular weight is 322 g/mol. The van der Waals surface area contributed by atoms with Gasteiger partial charge in [-0.1, -0.05) is 13.8 Å². The lowest BCUT2D eigenvalue weighted by atomic mass is 10.2. The average Bonchev–Trinajstić information content (AvgIpc) is 3.04. The quantitative estimate of drug-likeness (QED) is 0.701. The Morgan fingerprint density at radius 1 is 1.30 bits per heavy atom. The fourth-order valence-corrected chi connectivity index (χ4v) is 2.10. The van der Waals surface area contributed by atoms with E-state index in [4.69, 9.17) is 4.74 Å². The van der Waals surface area contributed by atoms with Crippen molar-refractivity contribution < 1.29 is 13.5 Å². The van der Waals surface area contributed by atoms with Gasteiger partial charge in [-0.15, -0.1) is 0 Å². The molecule has 2 aromatic rings. The Morgan fingerprint density at radius 3 is 2.70 bits per heavy atom. The number of aromatic nitrogens is 3. The van der Waals surface area contributed by atoms with E-state index < -0.39 is 11.6 Å². The van der Waals surface area contributed by atoms with Crippen LogP contribution >= 0.6 is 0 Å². The predicted molar refractivity (Wildman–Crippen MR) is 84.3 cm³/mol. The first-order valence-corrected chi connectivity index (χ1v) is 7.50. The molecular weight excluding hydrogens is 302 g/mol. The zero-order valence-electron chi connectivity index (χ0n) is 13.2. The molecule has 0 amide bonds. The molecular formula is C16H20F2N4O. The van der Waals surface area contributed by atoms with Crippen molar-refractivity contribution in [2.45, 2.75) is 13.8 Å². The number of hydrogen-bond acceptors (Lipinski definition) is 4. The van der Waals surface area contributed by atoms with Crippen LogP contribution in [0.5, 0.6) is 0 Å². The third-order valence-electron chi connectivity index (χ3n) is 3.44. The molecule has 0 aliphatic carbocycles. The monoisotopic (exact) mass is 322 g/mol. The molecule has 5 nitrogen and oxygen atoms in total. The van der Waals surface area contributed by atoms with Gasteiger partial charge in [-0.2, -0.15) is 5.10 Å². The van der Waals surface area contributed by atoms with Gasteiger partial charge in [-0.05, 0) is 25.2 Å². The standard InChI is InChI=1S/C16H20F2N4O/c1-3-21(4-2)7-8-23-16(10-22-12-19-11-20-22)14-6-5-13(17)9-15(14)18/h5-6,9-12H,3-4,7-8H2,1-2H3/b16-10+. The number of benzene rings is 1. The molecule has 23 heavy (non-hydrogen) atoms. The van der Waals surface area contributed by atoms with Crippen molar-refractivity contribution in [2.24, 2.45) is 0 Å². The summed E-state index contributed by atoms with van der Waals surface area (Å²) in [6.07, 6.45) is 4.35. The van der Waals surface area contributed by atoms with Gasteiger partial charge in [0.2, 0.25) is 0 Å². The molecule has 0 fully saturated rings. The first-order valence-electron chi connectivity index (χ1n) is 7.50. The van der Waals surface area contributed by atoms with E-state index in [9.17, 15) is 8.78 Å². The van der Waals surface area contributed by atoms with Crippen molar-refractivity contribution in [3.8, 4) is 0 Å². The first-order chi connectivity index (χ1) is 11.1. The highest BCUT2D eigenvalue weighted by Crippen LogP contribution is 2.21. The highest BCUT2D eigenvalue weighted by atomic mass is 19.1. The molecule has 0 atom stereocenters. The Hall–Kier alpha value is -2.28. The summed E-state index contributed by atoms with van der Waals surface area (Å²) in [4.78, 5) is 6.02. The summed E-state index contributed by atoms with van der Waals surface area (Å²) in [7, 11) is 0. The van der Waals surface area contributed by atoms with E-state index in [1.807, 2.05) is 0 Å². The third kappa shape index (κ3) is 4.85. The van der Waals surface area contributed by atoms with Crippen LogP contribution in [0.15, 0.2) is 30.9 Å². The molecule has 2 rings (SSSR count). The molecule has 0 N–H and O–H groups in total. The molecule has 0 saturated heterocycles. The van der Waals surface area contributed by atoms with E-state index in [1.165, 1.54) is 35.7 Å². The van der Waals surface area contributed by atoms with Crippen LogP contribution in [0, 0.1) is 11.6 Å². The van der Waals surface area contributed by atoms with Gasteiger partial charge in [-0.25, -0.2) is 18.4 Å². The van der Waals surface area contributed by atoms with Crippen molar-refractivity contribution >= 4 is 12.0 Å². The maximum Gasteiger partial charge on any atom is 0.147 e. The van der Waals surface area contributed by atoms with Crippen molar-refractivity contribution in [3.05, 3.63) is 48.1 Å². The van der Waals surface area contributed by atoms with Crippen molar-refractivity contribution in [3.63, 3.8) is 0 Å². The minimum Gasteiger partial charge on any atom is -0.490 e. The lowest BCUT2D eigenvalue weighted by Gasteiger charge is -2.19. The van der Waals surface area contributed by atoms with Crippen LogP contribution in [0.2, 0.25) is 0 Å². The van der Waals surface area contributed by atoms with Gasteiger partial charge in [0.15, 0.2) is 0 Å². The lowest BCUT2D eigenvalue weighted by molar-refractivity contribution is 0.202. The van der Waals surface area contributed by atoms with Gasteiger partial charge in [0.05, 0.1) is 11.8 Å². The summed E-state index contributed by atoms with van der Waals surface area (Å²) in [5.41, 5.74) is 0.182. The molecule has 0 bridgehead atoms. The SMILES string of the molecule is CCN(CC)CCO/C(=C/n1cncn1)c1ccc(F)cc1F. The van der Waals surface area contributed by atoms with E-state index >= 15 is 0 Å². The molecule has 0 aliphatic rings. The number of hydrogen-bond donors (Lipinski definition) is 0. The number of ether oxygens (including phenoxy) is 1. The zero-order valence-corrected chi connectivity index (χ0v) is 13.2. The molecule has 0 saturated carbocycles. The summed E-state index contributed by atoms with van der Waals surface area (Å²) in [5, 5.41) is 3.95.